The highest BCUT2D eigenvalue weighted by Gasteiger charge is 2.49. The summed E-state index contributed by atoms with van der Waals surface area (Å²) in [5.41, 5.74) is 0. The van der Waals surface area contributed by atoms with Crippen LogP contribution in [0.15, 0.2) is 0 Å². The normalized spacial score (nSPS) is 27.0. The Morgan fingerprint density at radius 2 is 1.62 bits per heavy atom. The number of hydrogen-bond donors (Lipinski definition) is 1. The summed E-state index contributed by atoms with van der Waals surface area (Å²) in [6, 6.07) is 0. The molecule has 6 heteroatoms. The third kappa shape index (κ3) is 8.71. The van der Waals surface area contributed by atoms with Crippen LogP contribution in [0.5, 0.6) is 0 Å². The van der Waals surface area contributed by atoms with Gasteiger partial charge in [0.05, 0.1) is 13.2 Å². The van der Waals surface area contributed by atoms with E-state index >= 15 is 0 Å². The molecule has 4 atom stereocenters. The molecule has 0 spiro atoms. The zero-order chi connectivity index (χ0) is 19.5. The lowest BCUT2D eigenvalue weighted by Gasteiger charge is -2.05. The molecule has 0 aromatic heterocycles. The molecule has 1 saturated carbocycles. The summed E-state index contributed by atoms with van der Waals surface area (Å²) in [6.07, 6.45) is 11.5. The van der Waals surface area contributed by atoms with Gasteiger partial charge in [-0.1, -0.05) is 32.1 Å². The van der Waals surface area contributed by atoms with Gasteiger partial charge in [-0.3, -0.25) is 9.36 Å². The molecule has 1 fully saturated rings. The molecular formula is C20H33O5P. The van der Waals surface area contributed by atoms with Crippen molar-refractivity contribution in [3.8, 4) is 11.8 Å². The Kier molecular flexibility index (Phi) is 9.62. The van der Waals surface area contributed by atoms with Gasteiger partial charge < -0.3 is 14.2 Å². The van der Waals surface area contributed by atoms with Crippen molar-refractivity contribution in [2.75, 3.05) is 13.2 Å². The van der Waals surface area contributed by atoms with Crippen LogP contribution in [0, 0.1) is 29.6 Å². The molecule has 0 amide bonds. The quantitative estimate of drug-likeness (QED) is 0.219. The lowest BCUT2D eigenvalue weighted by Crippen LogP contribution is -2.08. The maximum Gasteiger partial charge on any atom is 0.316 e. The molecule has 0 heterocycles. The van der Waals surface area contributed by atoms with E-state index in [-0.39, 0.29) is 12.6 Å². The average molecular weight is 386 g/mol. The third-order valence-corrected chi connectivity index (χ3v) is 5.91. The van der Waals surface area contributed by atoms with E-state index < -0.39 is 8.20 Å². The Labute approximate surface area is 159 Å². The highest BCUT2D eigenvalue weighted by Crippen LogP contribution is 2.52. The van der Waals surface area contributed by atoms with Crippen LogP contribution in [0.4, 0.5) is 0 Å². The van der Waals surface area contributed by atoms with Crippen LogP contribution in [0.1, 0.15) is 77.0 Å². The second-order valence-electron chi connectivity index (χ2n) is 7.40. The van der Waals surface area contributed by atoms with Crippen LogP contribution >= 0.6 is 8.20 Å². The van der Waals surface area contributed by atoms with Gasteiger partial charge in [-0.15, -0.1) is 11.8 Å². The summed E-state index contributed by atoms with van der Waals surface area (Å²) in [6.45, 7) is 0.758. The topological polar surface area (TPSA) is 72.8 Å². The fourth-order valence-corrected chi connectivity index (χ4v) is 4.23. The molecule has 148 valence electrons. The van der Waals surface area contributed by atoms with E-state index in [1.165, 1.54) is 0 Å². The number of carbonyl (C=O) groups is 1. The van der Waals surface area contributed by atoms with Crippen LogP contribution in [-0.4, -0.2) is 25.4 Å². The van der Waals surface area contributed by atoms with Crippen molar-refractivity contribution < 1.29 is 23.5 Å². The zero-order valence-corrected chi connectivity index (χ0v) is 16.6. The van der Waals surface area contributed by atoms with Gasteiger partial charge in [0, 0.05) is 19.3 Å². The standard InChI is InChI=1S/C20H33O5P/c21-20(14-10-4-2-1-3-7-11-15-25-26(22)23)24-16-19-17-12-8-5-6-9-13-18(17)19/h17-19,26H,1-4,7-16H2,(H,22,23)/t17-,18+,19?/i26T. The van der Waals surface area contributed by atoms with Crippen molar-refractivity contribution in [3.05, 3.63) is 0 Å². The molecule has 0 radical (unpaired) electrons. The van der Waals surface area contributed by atoms with Crippen molar-refractivity contribution in [1.82, 2.24) is 0 Å². The summed E-state index contributed by atoms with van der Waals surface area (Å²) in [4.78, 5) is 20.6. The smallest absolute Gasteiger partial charge is 0.316 e. The van der Waals surface area contributed by atoms with Gasteiger partial charge in [0.1, 0.15) is 0 Å². The van der Waals surface area contributed by atoms with Crippen LogP contribution < -0.4 is 0 Å². The number of carbonyl (C=O) groups excluding carboxylic acids is 1. The fourth-order valence-electron chi connectivity index (χ4n) is 3.94. The molecular weight excluding hydrogens is 351 g/mol. The van der Waals surface area contributed by atoms with Gasteiger partial charge in [0.15, 0.2) is 1.28 Å². The highest BCUT2D eigenvalue weighted by molar-refractivity contribution is 7.32. The van der Waals surface area contributed by atoms with Gasteiger partial charge in [0.2, 0.25) is 0 Å². The molecule has 2 aliphatic rings. The molecule has 2 unspecified atom stereocenters. The highest BCUT2D eigenvalue weighted by atomic mass is 31.1. The van der Waals surface area contributed by atoms with Gasteiger partial charge >= 0.3 is 14.2 Å². The van der Waals surface area contributed by atoms with Crippen LogP contribution in [-0.2, 0) is 18.6 Å². The Balaban J connectivity index is 1.37. The molecule has 5 nitrogen and oxygen atoms in total. The van der Waals surface area contributed by atoms with E-state index in [1.54, 1.807) is 0 Å². The number of fused-ring (bicyclic) bond motifs is 1. The van der Waals surface area contributed by atoms with Crippen molar-refractivity contribution in [2.24, 2.45) is 17.8 Å². The van der Waals surface area contributed by atoms with Gasteiger partial charge in [-0.2, -0.15) is 0 Å². The predicted octanol–water partition coefficient (Wildman–Crippen LogP) is 4.49. The molecule has 0 bridgehead atoms. The molecule has 2 rings (SSSR count). The van der Waals surface area contributed by atoms with Gasteiger partial charge in [0.25, 0.3) is 0 Å². The molecule has 26 heavy (non-hydrogen) atoms. The van der Waals surface area contributed by atoms with Crippen LogP contribution in [0.3, 0.4) is 0 Å². The summed E-state index contributed by atoms with van der Waals surface area (Å²) in [7, 11) is -4.06. The minimum Gasteiger partial charge on any atom is -0.465 e. The Morgan fingerprint density at radius 1 is 1.04 bits per heavy atom. The largest absolute Gasteiger partial charge is 0.465 e. The van der Waals surface area contributed by atoms with Crippen molar-refractivity contribution in [2.45, 2.75) is 77.0 Å². The maximum atomic E-state index is 11.9. The van der Waals surface area contributed by atoms with Gasteiger partial charge in [-0.05, 0) is 43.4 Å². The maximum absolute atomic E-state index is 11.9. The summed E-state index contributed by atoms with van der Waals surface area (Å²) in [5.74, 6) is 8.35. The zero-order valence-electron chi connectivity index (χ0n) is 16.7. The average Bonchev–Trinajstić information content (AvgIpc) is 3.23. The molecule has 1 N–H and O–H groups in total. The first-order valence-electron chi connectivity index (χ1n) is 10.5. The Hall–Kier alpha value is -0.820. The van der Waals surface area contributed by atoms with E-state index in [0.717, 1.165) is 76.0 Å². The predicted molar refractivity (Wildman–Crippen MR) is 102 cm³/mol. The summed E-state index contributed by atoms with van der Waals surface area (Å²) >= 11 is 0. The van der Waals surface area contributed by atoms with Gasteiger partial charge in [-0.25, -0.2) is 0 Å². The molecule has 2 aliphatic carbocycles. The molecule has 0 aliphatic heterocycles. The lowest BCUT2D eigenvalue weighted by atomic mass is 10.1. The molecule has 0 aromatic rings. The van der Waals surface area contributed by atoms with Crippen molar-refractivity contribution >= 4 is 14.2 Å². The third-order valence-electron chi connectivity index (χ3n) is 5.50. The second-order valence-corrected chi connectivity index (χ2v) is 8.14. The number of rotatable bonds is 13. The van der Waals surface area contributed by atoms with E-state index in [2.05, 4.69) is 16.4 Å². The van der Waals surface area contributed by atoms with Crippen molar-refractivity contribution in [1.29, 1.82) is 1.28 Å². The monoisotopic (exact) mass is 386 g/mol. The molecule has 0 saturated heterocycles. The summed E-state index contributed by atoms with van der Waals surface area (Å²) in [5, 5.41) is 0. The van der Waals surface area contributed by atoms with E-state index in [4.69, 9.17) is 10.9 Å². The molecule has 0 aromatic carbocycles. The van der Waals surface area contributed by atoms with Crippen LogP contribution in [0.2, 0.25) is 0 Å². The SMILES string of the molecule is [3H]P(=O)(O)OCCCCCCCCCC(=O)OCC1[C@H]2CCC#CCC[C@@H]12. The lowest BCUT2D eigenvalue weighted by molar-refractivity contribution is -0.144. The first-order valence-corrected chi connectivity index (χ1v) is 11.2. The minimum absolute atomic E-state index is 0.0634. The van der Waals surface area contributed by atoms with Crippen molar-refractivity contribution in [3.63, 3.8) is 0 Å². The Morgan fingerprint density at radius 3 is 2.23 bits per heavy atom. The first-order chi connectivity index (χ1) is 13.0. The van der Waals surface area contributed by atoms with E-state index in [9.17, 15) is 9.36 Å². The first kappa shape index (κ1) is 19.9. The number of unbranched alkanes of at least 4 members (excludes halogenated alkanes) is 6. The number of hydrogen-bond acceptors (Lipinski definition) is 4. The number of ether oxygens (including phenoxy) is 1. The van der Waals surface area contributed by atoms with E-state index in [0.29, 0.717) is 25.4 Å². The van der Waals surface area contributed by atoms with Crippen LogP contribution in [0.25, 0.3) is 0 Å². The second kappa shape index (κ2) is 12.5. The fraction of sp³-hybridized carbons (Fsp3) is 0.850. The Bertz CT molecular complexity index is 546. The number of esters is 1. The van der Waals surface area contributed by atoms with E-state index in [1.807, 2.05) is 0 Å². The minimum atomic E-state index is -4.06. The summed E-state index contributed by atoms with van der Waals surface area (Å²) < 4.78 is 27.3.